The Hall–Kier alpha value is -0.570. The average Bonchev–Trinajstić information content (AvgIpc) is 2.27. The number of hydrogen-bond donors (Lipinski definition) is 0. The summed E-state index contributed by atoms with van der Waals surface area (Å²) in [5, 5.41) is 0. The van der Waals surface area contributed by atoms with E-state index in [0.29, 0.717) is 0 Å². The molecule has 3 nitrogen and oxygen atoms in total. The fourth-order valence-electron chi connectivity index (χ4n) is 1.82. The van der Waals surface area contributed by atoms with Crippen LogP contribution < -0.4 is 0 Å². The number of ether oxygens (including phenoxy) is 1. The molecule has 0 N–H and O–H groups in total. The second-order valence-electron chi connectivity index (χ2n) is 4.60. The summed E-state index contributed by atoms with van der Waals surface area (Å²) in [5.74, 6) is -0.136. The maximum atomic E-state index is 11.2. The Bertz CT molecular complexity index is 183. The fraction of sp³-hybridized carbons (Fsp3) is 0.923. The smallest absolute Gasteiger partial charge is 0.309 e. The lowest BCUT2D eigenvalue weighted by molar-refractivity contribution is -0.145. The van der Waals surface area contributed by atoms with E-state index >= 15 is 0 Å². The van der Waals surface area contributed by atoms with Gasteiger partial charge in [0.05, 0.1) is 13.0 Å². The zero-order chi connectivity index (χ0) is 12.4. The van der Waals surface area contributed by atoms with Crippen molar-refractivity contribution in [3.05, 3.63) is 0 Å². The first-order valence-corrected chi connectivity index (χ1v) is 6.38. The number of carbonyl (C=O) groups excluding carboxylic acids is 1. The Morgan fingerprint density at radius 2 is 1.88 bits per heavy atom. The Morgan fingerprint density at radius 3 is 2.44 bits per heavy atom. The summed E-state index contributed by atoms with van der Waals surface area (Å²) in [7, 11) is 3.52. The molecule has 1 unspecified atom stereocenters. The van der Waals surface area contributed by atoms with Gasteiger partial charge in [-0.15, -0.1) is 0 Å². The first-order valence-electron chi connectivity index (χ1n) is 6.38. The Morgan fingerprint density at radius 1 is 1.25 bits per heavy atom. The van der Waals surface area contributed by atoms with Crippen molar-refractivity contribution in [2.75, 3.05) is 27.2 Å². The van der Waals surface area contributed by atoms with Crippen molar-refractivity contribution < 1.29 is 9.53 Å². The molecule has 1 atom stereocenters. The molecule has 0 aliphatic rings. The minimum absolute atomic E-state index is 0.0226. The summed E-state index contributed by atoms with van der Waals surface area (Å²) in [6.07, 6.45) is 6.48. The van der Waals surface area contributed by atoms with Crippen molar-refractivity contribution in [3.63, 3.8) is 0 Å². The van der Waals surface area contributed by atoms with E-state index in [0.717, 1.165) is 13.1 Å². The number of methoxy groups -OCH3 is 1. The van der Waals surface area contributed by atoms with Crippen LogP contribution in [0.25, 0.3) is 0 Å². The maximum Gasteiger partial charge on any atom is 0.309 e. The van der Waals surface area contributed by atoms with Crippen molar-refractivity contribution >= 4 is 5.97 Å². The summed E-state index contributed by atoms with van der Waals surface area (Å²) in [5.41, 5.74) is 0. The highest BCUT2D eigenvalue weighted by Gasteiger charge is 2.14. The lowest BCUT2D eigenvalue weighted by Gasteiger charge is -2.19. The third kappa shape index (κ3) is 7.69. The second-order valence-corrected chi connectivity index (χ2v) is 4.60. The van der Waals surface area contributed by atoms with Crippen LogP contribution in [0.15, 0.2) is 0 Å². The van der Waals surface area contributed by atoms with Gasteiger partial charge in [-0.2, -0.15) is 0 Å². The number of rotatable bonds is 9. The van der Waals surface area contributed by atoms with Gasteiger partial charge in [-0.05, 0) is 20.0 Å². The van der Waals surface area contributed by atoms with E-state index in [1.807, 2.05) is 6.92 Å². The van der Waals surface area contributed by atoms with Crippen LogP contribution in [0.5, 0.6) is 0 Å². The molecule has 0 amide bonds. The molecule has 16 heavy (non-hydrogen) atoms. The van der Waals surface area contributed by atoms with Crippen molar-refractivity contribution in [2.45, 2.75) is 46.0 Å². The van der Waals surface area contributed by atoms with E-state index in [9.17, 15) is 4.79 Å². The van der Waals surface area contributed by atoms with Gasteiger partial charge in [0.15, 0.2) is 0 Å². The van der Waals surface area contributed by atoms with Gasteiger partial charge in [0.2, 0.25) is 0 Å². The van der Waals surface area contributed by atoms with E-state index in [1.165, 1.54) is 39.2 Å². The molecular weight excluding hydrogens is 202 g/mol. The number of hydrogen-bond acceptors (Lipinski definition) is 3. The summed E-state index contributed by atoms with van der Waals surface area (Å²) in [6, 6.07) is 0. The second kappa shape index (κ2) is 9.64. The highest BCUT2D eigenvalue weighted by Crippen LogP contribution is 2.05. The van der Waals surface area contributed by atoms with Crippen LogP contribution in [0, 0.1) is 5.92 Å². The average molecular weight is 229 g/mol. The SMILES string of the molecule is CCCCCCCN(C)CC(C)C(=O)OC. The van der Waals surface area contributed by atoms with Crippen LogP contribution in [0.1, 0.15) is 46.0 Å². The monoisotopic (exact) mass is 229 g/mol. The number of unbranched alkanes of at least 4 members (excludes halogenated alkanes) is 4. The van der Waals surface area contributed by atoms with Gasteiger partial charge in [-0.1, -0.05) is 39.5 Å². The normalized spacial score (nSPS) is 12.8. The van der Waals surface area contributed by atoms with Gasteiger partial charge in [0.25, 0.3) is 0 Å². The fourth-order valence-corrected chi connectivity index (χ4v) is 1.82. The van der Waals surface area contributed by atoms with Crippen molar-refractivity contribution in [2.24, 2.45) is 5.92 Å². The summed E-state index contributed by atoms with van der Waals surface area (Å²) in [6.45, 7) is 6.01. The third-order valence-electron chi connectivity index (χ3n) is 2.83. The van der Waals surface area contributed by atoms with Gasteiger partial charge >= 0.3 is 5.97 Å². The lowest BCUT2D eigenvalue weighted by atomic mass is 10.1. The molecule has 0 saturated heterocycles. The van der Waals surface area contributed by atoms with Gasteiger partial charge < -0.3 is 9.64 Å². The molecule has 3 heteroatoms. The Kier molecular flexibility index (Phi) is 9.30. The topological polar surface area (TPSA) is 29.5 Å². The minimum atomic E-state index is -0.113. The summed E-state index contributed by atoms with van der Waals surface area (Å²) < 4.78 is 4.70. The van der Waals surface area contributed by atoms with Crippen LogP contribution in [0.4, 0.5) is 0 Å². The number of carbonyl (C=O) groups is 1. The van der Waals surface area contributed by atoms with Gasteiger partial charge in [0, 0.05) is 6.54 Å². The van der Waals surface area contributed by atoms with E-state index in [1.54, 1.807) is 0 Å². The lowest BCUT2D eigenvalue weighted by Crippen LogP contribution is -2.30. The molecule has 0 spiro atoms. The molecule has 0 aliphatic carbocycles. The zero-order valence-electron chi connectivity index (χ0n) is 11.3. The highest BCUT2D eigenvalue weighted by atomic mass is 16.5. The first-order chi connectivity index (χ1) is 7.61. The highest BCUT2D eigenvalue weighted by molar-refractivity contribution is 5.71. The molecule has 0 heterocycles. The molecule has 0 aromatic heterocycles. The molecule has 0 rings (SSSR count). The standard InChI is InChI=1S/C13H27NO2/c1-5-6-7-8-9-10-14(3)11-12(2)13(15)16-4/h12H,5-11H2,1-4H3. The molecule has 0 saturated carbocycles. The predicted molar refractivity (Wildman–Crippen MR) is 67.4 cm³/mol. The Balaban J connectivity index is 3.50. The van der Waals surface area contributed by atoms with Crippen LogP contribution in [0.3, 0.4) is 0 Å². The molecule has 0 aliphatic heterocycles. The minimum Gasteiger partial charge on any atom is -0.469 e. The van der Waals surface area contributed by atoms with E-state index in [4.69, 9.17) is 4.74 Å². The van der Waals surface area contributed by atoms with Crippen molar-refractivity contribution in [1.29, 1.82) is 0 Å². The molecule has 0 fully saturated rings. The molecule has 0 bridgehead atoms. The van der Waals surface area contributed by atoms with Gasteiger partial charge in [-0.25, -0.2) is 0 Å². The van der Waals surface area contributed by atoms with E-state index in [2.05, 4.69) is 18.9 Å². The first kappa shape index (κ1) is 15.4. The molecular formula is C13H27NO2. The molecule has 0 aromatic carbocycles. The van der Waals surface area contributed by atoms with Gasteiger partial charge in [-0.3, -0.25) is 4.79 Å². The number of nitrogens with zero attached hydrogens (tertiary/aromatic N) is 1. The van der Waals surface area contributed by atoms with Crippen LogP contribution in [0.2, 0.25) is 0 Å². The maximum absolute atomic E-state index is 11.2. The van der Waals surface area contributed by atoms with Crippen LogP contribution >= 0.6 is 0 Å². The Labute approximate surface area is 100 Å². The van der Waals surface area contributed by atoms with E-state index < -0.39 is 0 Å². The summed E-state index contributed by atoms with van der Waals surface area (Å²) >= 11 is 0. The third-order valence-corrected chi connectivity index (χ3v) is 2.83. The predicted octanol–water partition coefficient (Wildman–Crippen LogP) is 2.70. The van der Waals surface area contributed by atoms with E-state index in [-0.39, 0.29) is 11.9 Å². The summed E-state index contributed by atoms with van der Waals surface area (Å²) in [4.78, 5) is 13.4. The quantitative estimate of drug-likeness (QED) is 0.450. The van der Waals surface area contributed by atoms with Crippen LogP contribution in [-0.2, 0) is 9.53 Å². The number of esters is 1. The van der Waals surface area contributed by atoms with Crippen molar-refractivity contribution in [3.8, 4) is 0 Å². The largest absolute Gasteiger partial charge is 0.469 e. The molecule has 96 valence electrons. The molecule has 0 radical (unpaired) electrons. The van der Waals surface area contributed by atoms with Crippen LogP contribution in [-0.4, -0.2) is 38.1 Å². The van der Waals surface area contributed by atoms with Gasteiger partial charge in [0.1, 0.15) is 0 Å². The van der Waals surface area contributed by atoms with Crippen molar-refractivity contribution in [1.82, 2.24) is 4.90 Å². The molecule has 0 aromatic rings. The zero-order valence-corrected chi connectivity index (χ0v) is 11.3.